The molecule has 1 aliphatic heterocycles. The molecule has 4 nitrogen and oxygen atoms in total. The summed E-state index contributed by atoms with van der Waals surface area (Å²) in [6, 6.07) is 5.50. The summed E-state index contributed by atoms with van der Waals surface area (Å²) in [5.41, 5.74) is 1.49. The quantitative estimate of drug-likeness (QED) is 0.697. The Bertz CT molecular complexity index is 376. The number of methoxy groups -OCH3 is 1. The molecule has 2 rings (SSSR count). The molecular formula is C11H13NO3. The maximum atomic E-state index is 11.5. The zero-order valence-electron chi connectivity index (χ0n) is 8.58. The Labute approximate surface area is 88.2 Å². The molecule has 1 aliphatic rings. The summed E-state index contributed by atoms with van der Waals surface area (Å²) in [7, 11) is 1.37. The van der Waals surface area contributed by atoms with Crippen LogP contribution in [0.4, 0.5) is 0 Å². The number of carbonyl (C=O) groups excluding carboxylic acids is 1. The molecule has 0 amide bonds. The molecule has 0 saturated carbocycles. The number of hydrogen-bond donors (Lipinski definition) is 1. The molecule has 0 aliphatic carbocycles. The lowest BCUT2D eigenvalue weighted by molar-refractivity contribution is 0.0596. The second-order valence-corrected chi connectivity index (χ2v) is 3.31. The predicted octanol–water partition coefficient (Wildman–Crippen LogP) is 0.955. The van der Waals surface area contributed by atoms with Gasteiger partial charge in [-0.25, -0.2) is 4.79 Å². The van der Waals surface area contributed by atoms with Crippen molar-refractivity contribution < 1.29 is 14.3 Å². The third-order valence-electron chi connectivity index (χ3n) is 2.34. The van der Waals surface area contributed by atoms with E-state index in [0.29, 0.717) is 17.9 Å². The second-order valence-electron chi connectivity index (χ2n) is 3.31. The van der Waals surface area contributed by atoms with Crippen molar-refractivity contribution in [3.63, 3.8) is 0 Å². The number of nitrogens with one attached hydrogen (secondary N) is 1. The second kappa shape index (κ2) is 4.31. The lowest BCUT2D eigenvalue weighted by atomic mass is 10.1. The summed E-state index contributed by atoms with van der Waals surface area (Å²) >= 11 is 0. The van der Waals surface area contributed by atoms with E-state index in [-0.39, 0.29) is 5.97 Å². The molecule has 1 aromatic carbocycles. The fourth-order valence-corrected chi connectivity index (χ4v) is 1.61. The Balaban J connectivity index is 2.43. The predicted molar refractivity (Wildman–Crippen MR) is 55.0 cm³/mol. The van der Waals surface area contributed by atoms with Crippen molar-refractivity contribution in [3.8, 4) is 5.75 Å². The Morgan fingerprint density at radius 2 is 2.40 bits per heavy atom. The van der Waals surface area contributed by atoms with Crippen LogP contribution in [-0.2, 0) is 11.3 Å². The van der Waals surface area contributed by atoms with Gasteiger partial charge in [-0.1, -0.05) is 12.1 Å². The number of esters is 1. The average Bonchev–Trinajstić information content (AvgIpc) is 2.52. The van der Waals surface area contributed by atoms with Crippen molar-refractivity contribution in [1.82, 2.24) is 5.32 Å². The molecule has 0 saturated heterocycles. The van der Waals surface area contributed by atoms with E-state index in [0.717, 1.165) is 18.7 Å². The highest BCUT2D eigenvalue weighted by atomic mass is 16.5. The first kappa shape index (κ1) is 9.98. The summed E-state index contributed by atoms with van der Waals surface area (Å²) in [5.74, 6) is 0.295. The van der Waals surface area contributed by atoms with Gasteiger partial charge in [-0.2, -0.15) is 0 Å². The fraction of sp³-hybridized carbons (Fsp3) is 0.364. The minimum absolute atomic E-state index is 0.353. The molecule has 1 N–H and O–H groups in total. The van der Waals surface area contributed by atoms with Gasteiger partial charge in [-0.3, -0.25) is 0 Å². The normalized spacial score (nSPS) is 14.7. The minimum atomic E-state index is -0.353. The Morgan fingerprint density at radius 1 is 1.53 bits per heavy atom. The van der Waals surface area contributed by atoms with Gasteiger partial charge >= 0.3 is 5.97 Å². The topological polar surface area (TPSA) is 47.6 Å². The van der Waals surface area contributed by atoms with Crippen LogP contribution < -0.4 is 10.1 Å². The maximum absolute atomic E-state index is 11.5. The van der Waals surface area contributed by atoms with E-state index in [1.54, 1.807) is 6.07 Å². The van der Waals surface area contributed by atoms with Crippen molar-refractivity contribution in [2.45, 2.75) is 6.54 Å². The van der Waals surface area contributed by atoms with Gasteiger partial charge in [-0.05, 0) is 6.07 Å². The molecular weight excluding hydrogens is 194 g/mol. The van der Waals surface area contributed by atoms with Crippen LogP contribution >= 0.6 is 0 Å². The molecule has 0 unspecified atom stereocenters. The van der Waals surface area contributed by atoms with Crippen molar-refractivity contribution in [2.75, 3.05) is 20.3 Å². The highest BCUT2D eigenvalue weighted by Gasteiger charge is 2.17. The van der Waals surface area contributed by atoms with E-state index in [1.807, 2.05) is 12.1 Å². The Morgan fingerprint density at radius 3 is 3.20 bits per heavy atom. The van der Waals surface area contributed by atoms with E-state index in [1.165, 1.54) is 7.11 Å². The lowest BCUT2D eigenvalue weighted by Gasteiger charge is -2.10. The van der Waals surface area contributed by atoms with Crippen molar-refractivity contribution in [2.24, 2.45) is 0 Å². The third-order valence-corrected chi connectivity index (χ3v) is 2.34. The molecule has 0 fully saturated rings. The molecule has 0 spiro atoms. The lowest BCUT2D eigenvalue weighted by Crippen LogP contribution is -2.16. The van der Waals surface area contributed by atoms with Gasteiger partial charge in [0.2, 0.25) is 0 Å². The van der Waals surface area contributed by atoms with E-state index in [9.17, 15) is 4.79 Å². The average molecular weight is 207 g/mol. The van der Waals surface area contributed by atoms with Gasteiger partial charge in [0.15, 0.2) is 0 Å². The van der Waals surface area contributed by atoms with Crippen LogP contribution in [0.1, 0.15) is 15.9 Å². The van der Waals surface area contributed by atoms with Gasteiger partial charge < -0.3 is 14.8 Å². The molecule has 0 aromatic heterocycles. The van der Waals surface area contributed by atoms with Crippen LogP contribution in [0.25, 0.3) is 0 Å². The van der Waals surface area contributed by atoms with Crippen molar-refractivity contribution in [3.05, 3.63) is 29.3 Å². The zero-order valence-corrected chi connectivity index (χ0v) is 8.58. The highest BCUT2D eigenvalue weighted by molar-refractivity contribution is 5.93. The van der Waals surface area contributed by atoms with Crippen LogP contribution in [-0.4, -0.2) is 26.2 Å². The first-order chi connectivity index (χ1) is 7.33. The third kappa shape index (κ3) is 1.94. The molecule has 0 bridgehead atoms. The molecule has 1 heterocycles. The summed E-state index contributed by atoms with van der Waals surface area (Å²) in [4.78, 5) is 11.5. The fourth-order valence-electron chi connectivity index (χ4n) is 1.61. The number of ether oxygens (including phenoxy) is 2. The van der Waals surface area contributed by atoms with Crippen molar-refractivity contribution in [1.29, 1.82) is 0 Å². The van der Waals surface area contributed by atoms with Crippen LogP contribution in [0, 0.1) is 0 Å². The molecule has 1 aromatic rings. The number of rotatable bonds is 1. The number of benzene rings is 1. The minimum Gasteiger partial charge on any atom is -0.491 e. The highest BCUT2D eigenvalue weighted by Crippen LogP contribution is 2.25. The van der Waals surface area contributed by atoms with Crippen molar-refractivity contribution >= 4 is 5.97 Å². The smallest absolute Gasteiger partial charge is 0.341 e. The summed E-state index contributed by atoms with van der Waals surface area (Å²) in [6.45, 7) is 2.08. The monoisotopic (exact) mass is 207 g/mol. The van der Waals surface area contributed by atoms with Gasteiger partial charge in [0.05, 0.1) is 7.11 Å². The molecule has 4 heteroatoms. The van der Waals surface area contributed by atoms with Gasteiger partial charge in [0, 0.05) is 18.7 Å². The molecule has 15 heavy (non-hydrogen) atoms. The van der Waals surface area contributed by atoms with Crippen LogP contribution in [0.2, 0.25) is 0 Å². The van der Waals surface area contributed by atoms with Crippen LogP contribution in [0.3, 0.4) is 0 Å². The zero-order chi connectivity index (χ0) is 10.7. The Kier molecular flexibility index (Phi) is 2.87. The summed E-state index contributed by atoms with van der Waals surface area (Å²) < 4.78 is 10.2. The largest absolute Gasteiger partial charge is 0.491 e. The van der Waals surface area contributed by atoms with E-state index in [2.05, 4.69) is 5.32 Å². The summed E-state index contributed by atoms with van der Waals surface area (Å²) in [6.07, 6.45) is 0. The van der Waals surface area contributed by atoms with Gasteiger partial charge in [0.1, 0.15) is 17.9 Å². The van der Waals surface area contributed by atoms with Gasteiger partial charge in [-0.15, -0.1) is 0 Å². The molecule has 80 valence electrons. The first-order valence-corrected chi connectivity index (χ1v) is 4.86. The summed E-state index contributed by atoms with van der Waals surface area (Å²) in [5, 5.41) is 3.21. The molecule has 0 atom stereocenters. The SMILES string of the molecule is COC(=O)c1cccc2c1OCCNC2. The van der Waals surface area contributed by atoms with Crippen LogP contribution in [0.5, 0.6) is 5.75 Å². The number of hydrogen-bond acceptors (Lipinski definition) is 4. The number of fused-ring (bicyclic) bond motifs is 1. The van der Waals surface area contributed by atoms with Gasteiger partial charge in [0.25, 0.3) is 0 Å². The number of carbonyl (C=O) groups is 1. The number of para-hydroxylation sites is 1. The van der Waals surface area contributed by atoms with E-state index in [4.69, 9.17) is 9.47 Å². The maximum Gasteiger partial charge on any atom is 0.341 e. The molecule has 0 radical (unpaired) electrons. The van der Waals surface area contributed by atoms with Crippen LogP contribution in [0.15, 0.2) is 18.2 Å². The van der Waals surface area contributed by atoms with E-state index >= 15 is 0 Å². The first-order valence-electron chi connectivity index (χ1n) is 4.86. The Hall–Kier alpha value is -1.55. The van der Waals surface area contributed by atoms with E-state index < -0.39 is 0 Å². The standard InChI is InChI=1S/C11H13NO3/c1-14-11(13)9-4-2-3-8-7-12-5-6-15-10(8)9/h2-4,12H,5-7H2,1H3.